The van der Waals surface area contributed by atoms with E-state index in [4.69, 9.17) is 4.42 Å². The maximum atomic E-state index is 14.4. The predicted molar refractivity (Wildman–Crippen MR) is 308 cm³/mol. The first-order valence-electron chi connectivity index (χ1n) is 29.6. The zero-order chi connectivity index (χ0) is 62.6. The van der Waals surface area contributed by atoms with Crippen LogP contribution < -0.4 is 47.9 Å². The summed E-state index contributed by atoms with van der Waals surface area (Å²) in [6.45, 7) is 21.5. The van der Waals surface area contributed by atoms with Gasteiger partial charge < -0.3 is 57.2 Å². The van der Waals surface area contributed by atoms with Crippen LogP contribution in [0.15, 0.2) is 10.7 Å². The van der Waals surface area contributed by atoms with Gasteiger partial charge in [0, 0.05) is 39.5 Å². The average Bonchev–Trinajstić information content (AvgIpc) is 4.16. The molecule has 10 amide bonds. The van der Waals surface area contributed by atoms with Gasteiger partial charge in [-0.05, 0) is 117 Å². The second-order valence-corrected chi connectivity index (χ2v) is 25.4. The third kappa shape index (κ3) is 24.1. The van der Waals surface area contributed by atoms with Crippen molar-refractivity contribution in [3.8, 4) is 0 Å². The summed E-state index contributed by atoms with van der Waals surface area (Å²) < 4.78 is 30.4. The fourth-order valence-corrected chi connectivity index (χ4v) is 10.0. The second-order valence-electron chi connectivity index (χ2n) is 25.4. The first-order chi connectivity index (χ1) is 38.6. The lowest BCUT2D eigenvalue weighted by molar-refractivity contribution is -0.139. The Bertz CT molecular complexity index is 2370. The molecule has 1 saturated heterocycles. The molecule has 0 bridgehead atoms. The van der Waals surface area contributed by atoms with E-state index in [2.05, 4.69) is 52.8 Å². The number of rotatable bonds is 33. The first kappa shape index (κ1) is 71.0. The fourth-order valence-electron chi connectivity index (χ4n) is 10.0. The van der Waals surface area contributed by atoms with E-state index in [1.165, 1.54) is 64.7 Å². The van der Waals surface area contributed by atoms with E-state index < -0.39 is 119 Å². The number of likely N-dealkylation sites (N-methyl/N-ethyl adjacent to an activating group) is 1. The highest BCUT2D eigenvalue weighted by Crippen LogP contribution is 2.28. The Morgan fingerprint density at radius 2 is 1.16 bits per heavy atom. The number of nitrogens with zero attached hydrogens (tertiary/aromatic N) is 3. The van der Waals surface area contributed by atoms with E-state index in [0.717, 1.165) is 32.1 Å². The number of aryl methyl sites for hydroxylation is 1. The number of hydrogen-bond donors (Lipinski definition) is 9. The molecular formula is C58H98F2N12O11. The molecule has 1 saturated carbocycles. The van der Waals surface area contributed by atoms with Crippen LogP contribution in [-0.4, -0.2) is 167 Å². The summed E-state index contributed by atoms with van der Waals surface area (Å²) in [4.78, 5) is 145. The zero-order valence-electron chi connectivity index (χ0n) is 51.7. The fraction of sp³-hybridized carbons (Fsp3) is 0.776. The molecule has 4 unspecified atom stereocenters. The normalized spacial score (nSPS) is 16.7. The number of amides is 10. The first-order valence-corrected chi connectivity index (χ1v) is 29.6. The van der Waals surface area contributed by atoms with Gasteiger partial charge in [0.25, 0.3) is 12.3 Å². The molecule has 83 heavy (non-hydrogen) atoms. The SMILES string of the molecule is Cc1nc(C(=O)N2CCC[C@H]2C(=O)NC(CCC2CCCCC2)C(=O)NC(CC(C)C)C(=O)NC(C)(C)C(=O)NC(CC(C)C)C(=O)NC(CC(C)C)C(=O)NC(C)(C)C(=O)NC(C)(C)C(=O)NCCC(=O)NCCN(C)CC(F)F)co1. The number of nitrogens with one attached hydrogen (secondary N) is 9. The van der Waals surface area contributed by atoms with Gasteiger partial charge in [0.05, 0.1) is 6.54 Å². The molecule has 470 valence electrons. The number of carbonyl (C=O) groups is 10. The van der Waals surface area contributed by atoms with Gasteiger partial charge in [-0.2, -0.15) is 0 Å². The molecule has 1 aliphatic heterocycles. The lowest BCUT2D eigenvalue weighted by atomic mass is 9.85. The van der Waals surface area contributed by atoms with Crippen LogP contribution in [0.25, 0.3) is 0 Å². The highest BCUT2D eigenvalue weighted by molar-refractivity contribution is 6.00. The molecule has 23 nitrogen and oxygen atoms in total. The lowest BCUT2D eigenvalue weighted by Gasteiger charge is -2.34. The summed E-state index contributed by atoms with van der Waals surface area (Å²) in [5.74, 6) is -5.88. The van der Waals surface area contributed by atoms with Crippen LogP contribution in [0.4, 0.5) is 8.78 Å². The Morgan fingerprint density at radius 1 is 0.639 bits per heavy atom. The van der Waals surface area contributed by atoms with Crippen molar-refractivity contribution in [1.82, 2.24) is 62.6 Å². The maximum absolute atomic E-state index is 14.4. The van der Waals surface area contributed by atoms with Gasteiger partial charge >= 0.3 is 0 Å². The van der Waals surface area contributed by atoms with Crippen LogP contribution in [0.3, 0.4) is 0 Å². The molecule has 2 heterocycles. The van der Waals surface area contributed by atoms with Crippen molar-refractivity contribution in [2.45, 2.75) is 227 Å². The highest BCUT2D eigenvalue weighted by atomic mass is 19.3. The summed E-state index contributed by atoms with van der Waals surface area (Å²) in [5.41, 5.74) is -4.73. The van der Waals surface area contributed by atoms with E-state index >= 15 is 0 Å². The quantitative estimate of drug-likeness (QED) is 0.0487. The van der Waals surface area contributed by atoms with Gasteiger partial charge in [0.1, 0.15) is 53.1 Å². The molecule has 9 N–H and O–H groups in total. The average molecular weight is 1180 g/mol. The van der Waals surface area contributed by atoms with Crippen LogP contribution in [0.5, 0.6) is 0 Å². The minimum absolute atomic E-state index is 0.0795. The third-order valence-corrected chi connectivity index (χ3v) is 14.8. The van der Waals surface area contributed by atoms with Crippen molar-refractivity contribution < 1.29 is 61.1 Å². The third-order valence-electron chi connectivity index (χ3n) is 14.8. The number of carbonyl (C=O) groups excluding carboxylic acids is 10. The number of halogens is 2. The van der Waals surface area contributed by atoms with E-state index in [-0.39, 0.29) is 68.8 Å². The topological polar surface area (TPSA) is 311 Å². The van der Waals surface area contributed by atoms with Crippen molar-refractivity contribution in [2.75, 3.05) is 39.8 Å². The Labute approximate surface area is 489 Å². The van der Waals surface area contributed by atoms with Crippen molar-refractivity contribution in [3.63, 3.8) is 0 Å². The molecule has 0 spiro atoms. The van der Waals surface area contributed by atoms with Gasteiger partial charge in [-0.1, -0.05) is 73.6 Å². The molecule has 0 aromatic carbocycles. The largest absolute Gasteiger partial charge is 0.448 e. The monoisotopic (exact) mass is 1180 g/mol. The van der Waals surface area contributed by atoms with Gasteiger partial charge in [-0.25, -0.2) is 13.8 Å². The molecule has 2 fully saturated rings. The Kier molecular flexibility index (Phi) is 28.0. The number of oxazole rings is 1. The highest BCUT2D eigenvalue weighted by Gasteiger charge is 2.42. The van der Waals surface area contributed by atoms with Crippen molar-refractivity contribution in [2.24, 2.45) is 23.7 Å². The maximum Gasteiger partial charge on any atom is 0.276 e. The van der Waals surface area contributed by atoms with E-state index in [1.54, 1.807) is 6.92 Å². The summed E-state index contributed by atoms with van der Waals surface area (Å²) in [6, 6.07) is -5.44. The minimum atomic E-state index is -2.51. The molecule has 3 rings (SSSR count). The van der Waals surface area contributed by atoms with Crippen molar-refractivity contribution in [1.29, 1.82) is 0 Å². The summed E-state index contributed by atoms with van der Waals surface area (Å²) in [7, 11) is 1.50. The molecule has 0 radical (unpaired) electrons. The van der Waals surface area contributed by atoms with E-state index in [9.17, 15) is 56.7 Å². The molecular weight excluding hydrogens is 1080 g/mol. The van der Waals surface area contributed by atoms with Crippen LogP contribution in [0, 0.1) is 30.6 Å². The zero-order valence-corrected chi connectivity index (χ0v) is 51.7. The Balaban J connectivity index is 1.71. The van der Waals surface area contributed by atoms with Gasteiger partial charge in [0.15, 0.2) is 11.6 Å². The number of likely N-dealkylation sites (tertiary alicyclic amines) is 1. The predicted octanol–water partition coefficient (Wildman–Crippen LogP) is 3.53. The van der Waals surface area contributed by atoms with Crippen LogP contribution >= 0.6 is 0 Å². The Hall–Kier alpha value is -6.27. The summed E-state index contributed by atoms with van der Waals surface area (Å²) in [6.07, 6.45) is 6.25. The van der Waals surface area contributed by atoms with Crippen LogP contribution in [-0.2, 0) is 43.2 Å². The van der Waals surface area contributed by atoms with Gasteiger partial charge in [-0.15, -0.1) is 0 Å². The molecule has 5 atom stereocenters. The smallest absolute Gasteiger partial charge is 0.276 e. The lowest BCUT2D eigenvalue weighted by Crippen LogP contribution is -2.65. The van der Waals surface area contributed by atoms with E-state index in [0.29, 0.717) is 44.0 Å². The summed E-state index contributed by atoms with van der Waals surface area (Å²) >= 11 is 0. The molecule has 1 aromatic heterocycles. The standard InChI is InChI=1S/C58H98F2N12O11/c1-34(2)29-40(48(75)66-42(31-36(5)6)50(77)69-58(12,13)55(82)70-56(8,9)53(80)62-25-24-46(73)61-26-28-71(14)32-45(59)60)67-54(81)57(10,11)68-49(76)41(30-35(3)4)65-47(74)39(23-22-38-19-16-15-17-20-38)64-51(78)44-21-18-27-72(44)52(79)43-33-83-37(7)63-43/h33-36,38-42,44-45H,15-32H2,1-14H3,(H,61,73)(H,62,80)(H,64,78)(H,65,74)(H,66,75)(H,67,81)(H,68,76)(H,69,77)(H,70,82)/t39?,40?,41?,42?,44-/m0/s1. The second kappa shape index (κ2) is 32.7. The van der Waals surface area contributed by atoms with Crippen molar-refractivity contribution in [3.05, 3.63) is 17.8 Å². The van der Waals surface area contributed by atoms with Gasteiger partial charge in [-0.3, -0.25) is 52.8 Å². The number of alkyl halides is 2. The van der Waals surface area contributed by atoms with Crippen LogP contribution in [0.1, 0.15) is 183 Å². The van der Waals surface area contributed by atoms with Crippen molar-refractivity contribution >= 4 is 59.1 Å². The molecule has 2 aliphatic rings. The van der Waals surface area contributed by atoms with Gasteiger partial charge in [0.2, 0.25) is 53.2 Å². The molecule has 25 heteroatoms. The van der Waals surface area contributed by atoms with E-state index in [1.807, 2.05) is 41.5 Å². The minimum Gasteiger partial charge on any atom is -0.448 e. The van der Waals surface area contributed by atoms with Crippen LogP contribution in [0.2, 0.25) is 0 Å². The summed E-state index contributed by atoms with van der Waals surface area (Å²) in [5, 5.41) is 24.6. The number of aromatic nitrogens is 1. The number of hydrogen-bond acceptors (Lipinski definition) is 13. The Morgan fingerprint density at radius 3 is 1.67 bits per heavy atom. The molecule has 1 aliphatic carbocycles. The molecule has 1 aromatic rings.